The lowest BCUT2D eigenvalue weighted by Gasteiger charge is -2.10. The van der Waals surface area contributed by atoms with Gasteiger partial charge in [-0.3, -0.25) is 0 Å². The molecule has 152 valence electrons. The topological polar surface area (TPSA) is 90.6 Å². The van der Waals surface area contributed by atoms with E-state index in [2.05, 4.69) is 23.2 Å². The van der Waals surface area contributed by atoms with Gasteiger partial charge in [0.05, 0.1) is 6.33 Å². The summed E-state index contributed by atoms with van der Waals surface area (Å²) in [6.07, 6.45) is 5.10. The average Bonchev–Trinajstić information content (AvgIpc) is 3.25. The number of hydrogen-bond acceptors (Lipinski definition) is 6. The van der Waals surface area contributed by atoms with E-state index < -0.39 is 16.6 Å². The third-order valence-electron chi connectivity index (χ3n) is 4.25. The summed E-state index contributed by atoms with van der Waals surface area (Å²) in [6.45, 7) is 6.95. The number of ether oxygens (including phenoxy) is 1. The number of imidazole rings is 1. The van der Waals surface area contributed by atoms with Crippen molar-refractivity contribution >= 4 is 27.9 Å². The molecular formula is C20H21N3O4S2. The van der Waals surface area contributed by atoms with Gasteiger partial charge in [-0.25, -0.2) is 9.78 Å². The number of nitrogens with zero attached hydrogens (tertiary/aromatic N) is 3. The van der Waals surface area contributed by atoms with Gasteiger partial charge in [-0.15, -0.1) is 11.3 Å². The van der Waals surface area contributed by atoms with E-state index in [0.29, 0.717) is 17.5 Å². The van der Waals surface area contributed by atoms with Gasteiger partial charge in [0, 0.05) is 29.4 Å². The number of carbonyl (C=O) groups is 1. The standard InChI is InChI=1S/C20H21N3O4S2/c1-13(2)8-17-10-18(19(28-17)27-20(24)22-29(25)26)15-4-5-16(14(3)9-15)11-23-7-6-21-12-23/h4-7,9-10,12-13H,8,11H2,1-3H3. The normalized spacial score (nSPS) is 10.9. The molecule has 0 unspecified atom stereocenters. The van der Waals surface area contributed by atoms with Crippen molar-refractivity contribution in [3.8, 4) is 16.2 Å². The van der Waals surface area contributed by atoms with Crippen molar-refractivity contribution in [3.63, 3.8) is 0 Å². The molecule has 2 aromatic heterocycles. The lowest BCUT2D eigenvalue weighted by Crippen LogP contribution is -2.01. The number of aromatic nitrogens is 2. The lowest BCUT2D eigenvalue weighted by molar-refractivity contribution is 0.213. The quantitative estimate of drug-likeness (QED) is 0.563. The third kappa shape index (κ3) is 5.61. The van der Waals surface area contributed by atoms with Crippen LogP contribution in [0.15, 0.2) is 47.3 Å². The summed E-state index contributed by atoms with van der Waals surface area (Å²) >= 11 is 1.34. The molecule has 9 heteroatoms. The smallest absolute Gasteiger partial charge is 0.396 e. The third-order valence-corrected chi connectivity index (χ3v) is 5.59. The van der Waals surface area contributed by atoms with Crippen LogP contribution in [0.4, 0.5) is 4.79 Å². The largest absolute Gasteiger partial charge is 0.455 e. The molecule has 0 atom stereocenters. The maximum absolute atomic E-state index is 11.8. The molecule has 2 heterocycles. The molecule has 0 bridgehead atoms. The lowest BCUT2D eigenvalue weighted by atomic mass is 10.0. The number of rotatable bonds is 6. The molecule has 0 saturated carbocycles. The highest BCUT2D eigenvalue weighted by molar-refractivity contribution is 7.62. The van der Waals surface area contributed by atoms with E-state index in [-0.39, 0.29) is 0 Å². The Kier molecular flexibility index (Phi) is 6.60. The van der Waals surface area contributed by atoms with Crippen LogP contribution in [0, 0.1) is 12.8 Å². The van der Waals surface area contributed by atoms with Crippen molar-refractivity contribution in [1.29, 1.82) is 0 Å². The van der Waals surface area contributed by atoms with Crippen molar-refractivity contribution in [2.24, 2.45) is 10.3 Å². The Morgan fingerprint density at radius 3 is 2.72 bits per heavy atom. The summed E-state index contributed by atoms with van der Waals surface area (Å²) in [6, 6.07) is 8.04. The van der Waals surface area contributed by atoms with E-state index in [9.17, 15) is 13.2 Å². The zero-order valence-corrected chi connectivity index (χ0v) is 18.0. The SMILES string of the molecule is Cc1cc(-c2cc(CC(C)C)sc2OC(=O)N=S(=O)=O)ccc1Cn1ccnc1. The maximum Gasteiger partial charge on any atom is 0.455 e. The predicted octanol–water partition coefficient (Wildman–Crippen LogP) is 4.73. The number of thiophene rings is 1. The van der Waals surface area contributed by atoms with Crippen LogP contribution < -0.4 is 4.74 Å². The number of carbonyl (C=O) groups excluding carboxylic acids is 1. The van der Waals surface area contributed by atoms with E-state index in [1.54, 1.807) is 12.5 Å². The fraction of sp³-hybridized carbons (Fsp3) is 0.300. The molecule has 3 rings (SSSR count). The molecule has 3 aromatic rings. The fourth-order valence-electron chi connectivity index (χ4n) is 2.98. The van der Waals surface area contributed by atoms with Crippen LogP contribution >= 0.6 is 11.3 Å². The summed E-state index contributed by atoms with van der Waals surface area (Å²) in [5.41, 5.74) is 3.90. The van der Waals surface area contributed by atoms with Gasteiger partial charge in [-0.1, -0.05) is 36.4 Å². The molecule has 0 N–H and O–H groups in total. The molecule has 0 saturated heterocycles. The van der Waals surface area contributed by atoms with E-state index >= 15 is 0 Å². The van der Waals surface area contributed by atoms with E-state index in [4.69, 9.17) is 4.74 Å². The molecule has 29 heavy (non-hydrogen) atoms. The van der Waals surface area contributed by atoms with Crippen molar-refractivity contribution < 1.29 is 17.9 Å². The molecule has 1 amide bonds. The average molecular weight is 432 g/mol. The van der Waals surface area contributed by atoms with Crippen LogP contribution in [0.25, 0.3) is 11.1 Å². The van der Waals surface area contributed by atoms with Crippen molar-refractivity contribution in [2.75, 3.05) is 0 Å². The van der Waals surface area contributed by atoms with Gasteiger partial charge in [0.15, 0.2) is 5.06 Å². The molecule has 0 radical (unpaired) electrons. The van der Waals surface area contributed by atoms with E-state index in [1.807, 2.05) is 42.0 Å². The van der Waals surface area contributed by atoms with E-state index in [0.717, 1.165) is 33.6 Å². The van der Waals surface area contributed by atoms with Gasteiger partial charge in [-0.05, 0) is 42.0 Å². The molecule has 0 aliphatic rings. The Morgan fingerprint density at radius 2 is 2.10 bits per heavy atom. The molecular weight excluding hydrogens is 410 g/mol. The molecule has 0 aliphatic heterocycles. The summed E-state index contributed by atoms with van der Waals surface area (Å²) in [5, 5.41) is 0.349. The molecule has 0 fully saturated rings. The minimum atomic E-state index is -2.85. The van der Waals surface area contributed by atoms with Gasteiger partial charge in [0.1, 0.15) is 0 Å². The highest BCUT2D eigenvalue weighted by atomic mass is 32.2. The van der Waals surface area contributed by atoms with E-state index in [1.165, 1.54) is 11.3 Å². The zero-order valence-electron chi connectivity index (χ0n) is 16.3. The van der Waals surface area contributed by atoms with Crippen molar-refractivity contribution in [2.45, 2.75) is 33.7 Å². The second-order valence-electron chi connectivity index (χ2n) is 7.06. The van der Waals surface area contributed by atoms with Crippen LogP contribution in [-0.2, 0) is 23.5 Å². The Hall–Kier alpha value is -2.78. The summed E-state index contributed by atoms with van der Waals surface area (Å²) in [4.78, 5) is 16.9. The minimum Gasteiger partial charge on any atom is -0.396 e. The fourth-order valence-corrected chi connectivity index (χ4v) is 4.37. The van der Waals surface area contributed by atoms with Crippen LogP contribution in [0.3, 0.4) is 0 Å². The number of hydrogen-bond donors (Lipinski definition) is 0. The Balaban J connectivity index is 1.95. The first-order chi connectivity index (χ1) is 13.8. The highest BCUT2D eigenvalue weighted by Crippen LogP contribution is 2.40. The van der Waals surface area contributed by atoms with Gasteiger partial charge in [0.25, 0.3) is 0 Å². The first-order valence-electron chi connectivity index (χ1n) is 9.03. The van der Waals surface area contributed by atoms with Gasteiger partial charge >= 0.3 is 16.6 Å². The Labute approximate surface area is 174 Å². The Bertz CT molecular complexity index is 1140. The summed E-state index contributed by atoms with van der Waals surface area (Å²) < 4.78 is 31.4. The zero-order chi connectivity index (χ0) is 21.0. The van der Waals surface area contributed by atoms with Crippen LogP contribution in [0.2, 0.25) is 0 Å². The predicted molar refractivity (Wildman–Crippen MR) is 112 cm³/mol. The maximum atomic E-state index is 11.8. The van der Waals surface area contributed by atoms with Crippen LogP contribution in [0.1, 0.15) is 29.9 Å². The summed E-state index contributed by atoms with van der Waals surface area (Å²) in [7, 11) is -2.85. The van der Waals surface area contributed by atoms with Crippen LogP contribution in [0.5, 0.6) is 5.06 Å². The first-order valence-corrected chi connectivity index (χ1v) is 10.9. The van der Waals surface area contributed by atoms with Gasteiger partial charge in [-0.2, -0.15) is 8.42 Å². The van der Waals surface area contributed by atoms with Gasteiger partial charge in [0.2, 0.25) is 0 Å². The second-order valence-corrected chi connectivity index (χ2v) is 8.78. The van der Waals surface area contributed by atoms with Crippen LogP contribution in [-0.4, -0.2) is 24.1 Å². The minimum absolute atomic E-state index is 0.349. The second kappa shape index (κ2) is 9.15. The summed E-state index contributed by atoms with van der Waals surface area (Å²) in [5.74, 6) is 0.433. The molecule has 1 aromatic carbocycles. The van der Waals surface area contributed by atoms with Crippen molar-refractivity contribution in [3.05, 3.63) is 59.0 Å². The number of benzene rings is 1. The Morgan fingerprint density at radius 1 is 1.31 bits per heavy atom. The first kappa shape index (κ1) is 20.9. The molecule has 0 spiro atoms. The number of amides is 1. The highest BCUT2D eigenvalue weighted by Gasteiger charge is 2.17. The molecule has 0 aliphatic carbocycles. The number of aryl methyl sites for hydroxylation is 1. The van der Waals surface area contributed by atoms with Crippen molar-refractivity contribution in [1.82, 2.24) is 9.55 Å². The van der Waals surface area contributed by atoms with Gasteiger partial charge < -0.3 is 9.30 Å². The monoisotopic (exact) mass is 431 g/mol. The molecule has 7 nitrogen and oxygen atoms in total.